The van der Waals surface area contributed by atoms with Gasteiger partial charge in [0.05, 0.1) is 6.61 Å². The van der Waals surface area contributed by atoms with E-state index in [1.165, 1.54) is 22.3 Å². The highest BCUT2D eigenvalue weighted by atomic mass is 32.2. The molecule has 0 atom stereocenters. The first kappa shape index (κ1) is 15.9. The summed E-state index contributed by atoms with van der Waals surface area (Å²) in [5.41, 5.74) is 5.11. The summed E-state index contributed by atoms with van der Waals surface area (Å²) in [7, 11) is 0. The second kappa shape index (κ2) is 8.05. The van der Waals surface area contributed by atoms with E-state index in [4.69, 9.17) is 5.11 Å². The van der Waals surface area contributed by atoms with Crippen LogP contribution in [0, 0.1) is 13.8 Å². The minimum atomic E-state index is 0.230. The smallest absolute Gasteiger partial charge is 0.126 e. The van der Waals surface area contributed by atoms with Gasteiger partial charge < -0.3 is 10.4 Å². The maximum Gasteiger partial charge on any atom is 0.126 e. The summed E-state index contributed by atoms with van der Waals surface area (Å²) in [5.74, 6) is 2.58. The van der Waals surface area contributed by atoms with E-state index < -0.39 is 0 Å². The topological polar surface area (TPSA) is 45.1 Å². The minimum Gasteiger partial charge on any atom is -0.396 e. The summed E-state index contributed by atoms with van der Waals surface area (Å²) in [6.45, 7) is 5.26. The zero-order valence-corrected chi connectivity index (χ0v) is 13.4. The van der Waals surface area contributed by atoms with Crippen LogP contribution in [0.1, 0.15) is 22.3 Å². The molecule has 0 amide bonds. The number of hydrogen-bond acceptors (Lipinski definition) is 4. The predicted octanol–water partition coefficient (Wildman–Crippen LogP) is 3.54. The zero-order valence-electron chi connectivity index (χ0n) is 12.6. The first-order chi connectivity index (χ1) is 10.2. The van der Waals surface area contributed by atoms with Gasteiger partial charge in [-0.2, -0.15) is 11.8 Å². The number of rotatable bonds is 7. The van der Waals surface area contributed by atoms with E-state index in [1.54, 1.807) is 11.8 Å². The van der Waals surface area contributed by atoms with Crippen LogP contribution in [0.15, 0.2) is 36.5 Å². The van der Waals surface area contributed by atoms with Gasteiger partial charge in [0.15, 0.2) is 0 Å². The van der Waals surface area contributed by atoms with E-state index in [0.29, 0.717) is 0 Å². The molecule has 0 bridgehead atoms. The van der Waals surface area contributed by atoms with Crippen molar-refractivity contribution in [2.24, 2.45) is 0 Å². The Bertz CT molecular complexity index is 587. The van der Waals surface area contributed by atoms with E-state index in [9.17, 15) is 0 Å². The molecule has 2 rings (SSSR count). The molecule has 1 heterocycles. The number of benzene rings is 1. The highest BCUT2D eigenvalue weighted by molar-refractivity contribution is 7.98. The molecule has 0 spiro atoms. The summed E-state index contributed by atoms with van der Waals surface area (Å²) in [6, 6.07) is 10.6. The largest absolute Gasteiger partial charge is 0.396 e. The Kier molecular flexibility index (Phi) is 6.08. The summed E-state index contributed by atoms with van der Waals surface area (Å²) < 4.78 is 0. The molecule has 4 heteroatoms. The lowest BCUT2D eigenvalue weighted by molar-refractivity contribution is 0.322. The molecule has 0 fully saturated rings. The highest BCUT2D eigenvalue weighted by Crippen LogP contribution is 2.16. The van der Waals surface area contributed by atoms with Crippen LogP contribution in [-0.4, -0.2) is 22.5 Å². The fourth-order valence-corrected chi connectivity index (χ4v) is 2.83. The third kappa shape index (κ3) is 5.06. The van der Waals surface area contributed by atoms with Gasteiger partial charge in [-0.25, -0.2) is 4.98 Å². The van der Waals surface area contributed by atoms with Crippen LogP contribution >= 0.6 is 11.8 Å². The molecule has 0 saturated carbocycles. The van der Waals surface area contributed by atoms with Gasteiger partial charge in [-0.05, 0) is 42.7 Å². The molecule has 21 heavy (non-hydrogen) atoms. The number of thioether (sulfide) groups is 1. The van der Waals surface area contributed by atoms with Crippen molar-refractivity contribution >= 4 is 17.6 Å². The molecule has 0 radical (unpaired) electrons. The summed E-state index contributed by atoms with van der Waals surface area (Å²) >= 11 is 1.73. The van der Waals surface area contributed by atoms with Crippen LogP contribution < -0.4 is 5.32 Å². The molecule has 0 unspecified atom stereocenters. The summed E-state index contributed by atoms with van der Waals surface area (Å²) in [5, 5.41) is 12.2. The van der Waals surface area contributed by atoms with Crippen LogP contribution in [0.4, 0.5) is 5.82 Å². The maximum atomic E-state index is 8.81. The van der Waals surface area contributed by atoms with Crippen LogP contribution in [0.2, 0.25) is 0 Å². The number of nitrogens with zero attached hydrogens (tertiary/aromatic N) is 1. The Morgan fingerprint density at radius 1 is 1.19 bits per heavy atom. The van der Waals surface area contributed by atoms with Gasteiger partial charge in [-0.3, -0.25) is 0 Å². The number of pyridine rings is 1. The maximum absolute atomic E-state index is 8.81. The standard InChI is InChI=1S/C17H22N2OS/c1-13-3-4-16(14(2)9-13)11-19-17-10-15(5-6-18-17)12-21-8-7-20/h3-6,9-10,20H,7-8,11-12H2,1-2H3,(H,18,19). The van der Waals surface area contributed by atoms with Crippen LogP contribution in [0.25, 0.3) is 0 Å². The van der Waals surface area contributed by atoms with E-state index in [-0.39, 0.29) is 6.61 Å². The highest BCUT2D eigenvalue weighted by Gasteiger charge is 2.01. The minimum absolute atomic E-state index is 0.230. The van der Waals surface area contributed by atoms with E-state index >= 15 is 0 Å². The molecule has 1 aromatic heterocycles. The van der Waals surface area contributed by atoms with Crippen molar-refractivity contribution in [2.45, 2.75) is 26.1 Å². The molecule has 0 saturated heterocycles. The first-order valence-electron chi connectivity index (χ1n) is 7.12. The molecule has 2 N–H and O–H groups in total. The van der Waals surface area contributed by atoms with Crippen molar-refractivity contribution in [3.05, 3.63) is 58.8 Å². The van der Waals surface area contributed by atoms with Crippen LogP contribution in [0.3, 0.4) is 0 Å². The number of aromatic nitrogens is 1. The lowest BCUT2D eigenvalue weighted by Crippen LogP contribution is -2.03. The van der Waals surface area contributed by atoms with Gasteiger partial charge in [-0.15, -0.1) is 0 Å². The van der Waals surface area contributed by atoms with Crippen molar-refractivity contribution in [1.29, 1.82) is 0 Å². The second-order valence-electron chi connectivity index (χ2n) is 5.11. The number of anilines is 1. The molecule has 0 aliphatic rings. The molecule has 3 nitrogen and oxygen atoms in total. The van der Waals surface area contributed by atoms with Crippen molar-refractivity contribution in [2.75, 3.05) is 17.7 Å². The van der Waals surface area contributed by atoms with E-state index in [1.807, 2.05) is 12.3 Å². The number of hydrogen-bond donors (Lipinski definition) is 2. The third-order valence-corrected chi connectivity index (χ3v) is 4.30. The number of aliphatic hydroxyl groups is 1. The normalized spacial score (nSPS) is 10.6. The van der Waals surface area contributed by atoms with Crippen molar-refractivity contribution in [3.63, 3.8) is 0 Å². The Morgan fingerprint density at radius 2 is 2.05 bits per heavy atom. The van der Waals surface area contributed by atoms with Crippen molar-refractivity contribution < 1.29 is 5.11 Å². The van der Waals surface area contributed by atoms with Gasteiger partial charge in [-0.1, -0.05) is 23.8 Å². The van der Waals surface area contributed by atoms with Gasteiger partial charge in [0.1, 0.15) is 5.82 Å². The fraction of sp³-hybridized carbons (Fsp3) is 0.353. The Morgan fingerprint density at radius 3 is 2.81 bits per heavy atom. The Balaban J connectivity index is 1.95. The zero-order chi connectivity index (χ0) is 15.1. The predicted molar refractivity (Wildman–Crippen MR) is 90.7 cm³/mol. The summed E-state index contributed by atoms with van der Waals surface area (Å²) in [4.78, 5) is 4.36. The van der Waals surface area contributed by atoms with Gasteiger partial charge in [0, 0.05) is 24.2 Å². The molecular formula is C17H22N2OS. The molecule has 0 aliphatic heterocycles. The molecular weight excluding hydrogens is 280 g/mol. The molecule has 1 aromatic carbocycles. The second-order valence-corrected chi connectivity index (χ2v) is 6.21. The van der Waals surface area contributed by atoms with E-state index in [2.05, 4.69) is 48.4 Å². The van der Waals surface area contributed by atoms with Crippen LogP contribution in [-0.2, 0) is 12.3 Å². The van der Waals surface area contributed by atoms with Crippen molar-refractivity contribution in [3.8, 4) is 0 Å². The molecule has 112 valence electrons. The van der Waals surface area contributed by atoms with Crippen LogP contribution in [0.5, 0.6) is 0 Å². The number of aryl methyl sites for hydroxylation is 2. The Hall–Kier alpha value is -1.52. The van der Waals surface area contributed by atoms with Gasteiger partial charge >= 0.3 is 0 Å². The number of aliphatic hydroxyl groups excluding tert-OH is 1. The number of nitrogens with one attached hydrogen (secondary N) is 1. The monoisotopic (exact) mass is 302 g/mol. The van der Waals surface area contributed by atoms with Gasteiger partial charge in [0.25, 0.3) is 0 Å². The summed E-state index contributed by atoms with van der Waals surface area (Å²) in [6.07, 6.45) is 1.83. The quantitative estimate of drug-likeness (QED) is 0.768. The SMILES string of the molecule is Cc1ccc(CNc2cc(CSCCO)ccn2)c(C)c1. The fourth-order valence-electron chi connectivity index (χ4n) is 2.15. The lowest BCUT2D eigenvalue weighted by atomic mass is 10.1. The molecule has 0 aliphatic carbocycles. The van der Waals surface area contributed by atoms with Crippen molar-refractivity contribution in [1.82, 2.24) is 4.98 Å². The first-order valence-corrected chi connectivity index (χ1v) is 8.28. The van der Waals surface area contributed by atoms with Gasteiger partial charge in [0.2, 0.25) is 0 Å². The Labute approximate surface area is 130 Å². The lowest BCUT2D eigenvalue weighted by Gasteiger charge is -2.10. The third-order valence-electron chi connectivity index (χ3n) is 3.29. The van der Waals surface area contributed by atoms with E-state index in [0.717, 1.165) is 23.9 Å². The average Bonchev–Trinajstić information content (AvgIpc) is 2.47. The average molecular weight is 302 g/mol. The molecule has 2 aromatic rings.